The summed E-state index contributed by atoms with van der Waals surface area (Å²) in [6, 6.07) is 7.72. The van der Waals surface area contributed by atoms with Crippen LogP contribution in [-0.4, -0.2) is 32.9 Å². The van der Waals surface area contributed by atoms with E-state index in [2.05, 4.69) is 4.98 Å². The lowest BCUT2D eigenvalue weighted by Crippen LogP contribution is -2.17. The van der Waals surface area contributed by atoms with Crippen LogP contribution in [0.2, 0.25) is 0 Å². The molecule has 0 spiro atoms. The van der Waals surface area contributed by atoms with Crippen LogP contribution in [0.25, 0.3) is 10.2 Å². The molecule has 0 aliphatic rings. The van der Waals surface area contributed by atoms with E-state index < -0.39 is 17.9 Å². The van der Waals surface area contributed by atoms with Crippen LogP contribution in [-0.2, 0) is 9.59 Å². The van der Waals surface area contributed by atoms with Gasteiger partial charge in [0.05, 0.1) is 16.1 Å². The van der Waals surface area contributed by atoms with Crippen LogP contribution in [0.15, 0.2) is 28.6 Å². The number of thiazole rings is 1. The molecule has 7 heteroatoms. The van der Waals surface area contributed by atoms with Crippen LogP contribution in [0.3, 0.4) is 0 Å². The topological polar surface area (TPSA) is 87.5 Å². The van der Waals surface area contributed by atoms with Crippen LogP contribution >= 0.6 is 23.1 Å². The van der Waals surface area contributed by atoms with Gasteiger partial charge < -0.3 is 10.2 Å². The number of aliphatic carboxylic acids is 2. The molecular weight excluding hydrogens is 298 g/mol. The molecule has 1 unspecified atom stereocenters. The Morgan fingerprint density at radius 2 is 2.05 bits per heavy atom. The van der Waals surface area contributed by atoms with E-state index in [1.54, 1.807) is 0 Å². The van der Waals surface area contributed by atoms with Gasteiger partial charge in [-0.3, -0.25) is 9.59 Å². The predicted octanol–water partition coefficient (Wildman–Crippen LogP) is 2.95. The SMILES string of the molecule is O=C(O)CCC(CSc1nc2ccccc2s1)C(=O)O. The van der Waals surface area contributed by atoms with E-state index in [1.165, 1.54) is 23.1 Å². The zero-order valence-corrected chi connectivity index (χ0v) is 12.1. The predicted molar refractivity (Wildman–Crippen MR) is 78.3 cm³/mol. The van der Waals surface area contributed by atoms with Gasteiger partial charge >= 0.3 is 11.9 Å². The molecule has 0 saturated carbocycles. The molecule has 0 fully saturated rings. The van der Waals surface area contributed by atoms with Crippen molar-refractivity contribution in [2.24, 2.45) is 5.92 Å². The zero-order valence-electron chi connectivity index (χ0n) is 10.5. The number of carboxylic acids is 2. The van der Waals surface area contributed by atoms with E-state index in [0.29, 0.717) is 5.75 Å². The average Bonchev–Trinajstić information content (AvgIpc) is 2.80. The molecule has 2 N–H and O–H groups in total. The average molecular weight is 311 g/mol. The molecule has 2 aromatic rings. The van der Waals surface area contributed by atoms with Crippen LogP contribution in [0, 0.1) is 5.92 Å². The summed E-state index contributed by atoms with van der Waals surface area (Å²) in [5.74, 6) is -2.26. The second kappa shape index (κ2) is 6.71. The number of hydrogen-bond donors (Lipinski definition) is 2. The Hall–Kier alpha value is -1.60. The van der Waals surface area contributed by atoms with Crippen molar-refractivity contribution in [2.75, 3.05) is 5.75 Å². The summed E-state index contributed by atoms with van der Waals surface area (Å²) in [5.41, 5.74) is 0.900. The number of nitrogens with zero attached hydrogens (tertiary/aromatic N) is 1. The second-order valence-corrected chi connectivity index (χ2v) is 6.52. The van der Waals surface area contributed by atoms with Crippen molar-refractivity contribution >= 4 is 45.3 Å². The number of aromatic nitrogens is 1. The van der Waals surface area contributed by atoms with Crippen molar-refractivity contribution in [3.63, 3.8) is 0 Å². The van der Waals surface area contributed by atoms with E-state index in [0.717, 1.165) is 14.6 Å². The second-order valence-electron chi connectivity index (χ2n) is 4.23. The number of para-hydroxylation sites is 1. The van der Waals surface area contributed by atoms with Gasteiger partial charge in [-0.05, 0) is 18.6 Å². The van der Waals surface area contributed by atoms with Gasteiger partial charge in [0.1, 0.15) is 0 Å². The summed E-state index contributed by atoms with van der Waals surface area (Å²) in [6.07, 6.45) is 0.0138. The highest BCUT2D eigenvalue weighted by Crippen LogP contribution is 2.31. The molecule has 1 aromatic heterocycles. The molecule has 1 heterocycles. The maximum Gasteiger partial charge on any atom is 0.307 e. The van der Waals surface area contributed by atoms with Crippen molar-refractivity contribution < 1.29 is 19.8 Å². The first kappa shape index (κ1) is 14.8. The van der Waals surface area contributed by atoms with Crippen molar-refractivity contribution in [3.05, 3.63) is 24.3 Å². The van der Waals surface area contributed by atoms with Gasteiger partial charge in [-0.1, -0.05) is 23.9 Å². The maximum atomic E-state index is 11.1. The number of hydrogen-bond acceptors (Lipinski definition) is 5. The number of benzene rings is 1. The summed E-state index contributed by atoms with van der Waals surface area (Å²) in [5, 5.41) is 17.7. The Bertz CT molecular complexity index is 593. The van der Waals surface area contributed by atoms with Crippen LogP contribution in [0.4, 0.5) is 0 Å². The molecule has 0 radical (unpaired) electrons. The Balaban J connectivity index is 1.97. The third-order valence-corrected chi connectivity index (χ3v) is 5.08. The number of fused-ring (bicyclic) bond motifs is 1. The molecule has 5 nitrogen and oxygen atoms in total. The lowest BCUT2D eigenvalue weighted by molar-refractivity contribution is -0.142. The summed E-state index contributed by atoms with van der Waals surface area (Å²) in [6.45, 7) is 0. The zero-order chi connectivity index (χ0) is 14.5. The van der Waals surface area contributed by atoms with Crippen molar-refractivity contribution in [3.8, 4) is 0 Å². The Labute approximate surface area is 123 Å². The molecule has 0 aliphatic carbocycles. The van der Waals surface area contributed by atoms with Crippen LogP contribution in [0.1, 0.15) is 12.8 Å². The standard InChI is InChI=1S/C13H13NO4S2/c15-11(16)6-5-8(12(17)18)7-19-13-14-9-3-1-2-4-10(9)20-13/h1-4,8H,5-7H2,(H,15,16)(H,17,18). The highest BCUT2D eigenvalue weighted by Gasteiger charge is 2.19. The highest BCUT2D eigenvalue weighted by atomic mass is 32.2. The third kappa shape index (κ3) is 3.94. The summed E-state index contributed by atoms with van der Waals surface area (Å²) in [7, 11) is 0. The first-order chi connectivity index (χ1) is 9.56. The fraction of sp³-hybridized carbons (Fsp3) is 0.308. The minimum atomic E-state index is -0.971. The maximum absolute atomic E-state index is 11.1. The molecule has 1 aromatic carbocycles. The quantitative estimate of drug-likeness (QED) is 0.764. The van der Waals surface area contributed by atoms with E-state index in [4.69, 9.17) is 10.2 Å². The molecule has 1 atom stereocenters. The van der Waals surface area contributed by atoms with Gasteiger partial charge in [0.15, 0.2) is 4.34 Å². The number of thioether (sulfide) groups is 1. The molecule has 2 rings (SSSR count). The molecule has 0 aliphatic heterocycles. The minimum absolute atomic E-state index is 0.128. The minimum Gasteiger partial charge on any atom is -0.481 e. The Kier molecular flexibility index (Phi) is 4.97. The Morgan fingerprint density at radius 1 is 1.30 bits per heavy atom. The molecule has 0 saturated heterocycles. The number of carboxylic acid groups (broad SMARTS) is 2. The first-order valence-electron chi connectivity index (χ1n) is 5.99. The smallest absolute Gasteiger partial charge is 0.307 e. The largest absolute Gasteiger partial charge is 0.481 e. The summed E-state index contributed by atoms with van der Waals surface area (Å²) >= 11 is 2.89. The van der Waals surface area contributed by atoms with E-state index in [-0.39, 0.29) is 12.8 Å². The molecule has 0 amide bonds. The summed E-state index contributed by atoms with van der Waals surface area (Å²) in [4.78, 5) is 26.0. The van der Waals surface area contributed by atoms with Crippen molar-refractivity contribution in [1.29, 1.82) is 0 Å². The van der Waals surface area contributed by atoms with Crippen LogP contribution in [0.5, 0.6) is 0 Å². The van der Waals surface area contributed by atoms with Crippen molar-refractivity contribution in [1.82, 2.24) is 4.98 Å². The van der Waals surface area contributed by atoms with Crippen molar-refractivity contribution in [2.45, 2.75) is 17.2 Å². The molecule has 20 heavy (non-hydrogen) atoms. The normalized spacial score (nSPS) is 12.4. The van der Waals surface area contributed by atoms with Gasteiger partial charge in [0.25, 0.3) is 0 Å². The molecular formula is C13H13NO4S2. The first-order valence-corrected chi connectivity index (χ1v) is 7.79. The van der Waals surface area contributed by atoms with E-state index >= 15 is 0 Å². The van der Waals surface area contributed by atoms with E-state index in [1.807, 2.05) is 24.3 Å². The summed E-state index contributed by atoms with van der Waals surface area (Å²) < 4.78 is 1.88. The van der Waals surface area contributed by atoms with Crippen LogP contribution < -0.4 is 0 Å². The fourth-order valence-electron chi connectivity index (χ4n) is 1.66. The highest BCUT2D eigenvalue weighted by molar-refractivity contribution is 8.01. The number of carbonyl (C=O) groups is 2. The monoisotopic (exact) mass is 311 g/mol. The third-order valence-electron chi connectivity index (χ3n) is 2.74. The van der Waals surface area contributed by atoms with Gasteiger partial charge in [-0.15, -0.1) is 11.3 Å². The number of rotatable bonds is 7. The Morgan fingerprint density at radius 3 is 2.70 bits per heavy atom. The van der Waals surface area contributed by atoms with Gasteiger partial charge in [0.2, 0.25) is 0 Å². The van der Waals surface area contributed by atoms with Gasteiger partial charge in [-0.25, -0.2) is 4.98 Å². The lowest BCUT2D eigenvalue weighted by Gasteiger charge is -2.08. The van der Waals surface area contributed by atoms with Gasteiger partial charge in [0, 0.05) is 12.2 Å². The van der Waals surface area contributed by atoms with E-state index in [9.17, 15) is 9.59 Å². The lowest BCUT2D eigenvalue weighted by atomic mass is 10.1. The fourth-order valence-corrected chi connectivity index (χ4v) is 3.88. The van der Waals surface area contributed by atoms with Gasteiger partial charge in [-0.2, -0.15) is 0 Å². The molecule has 0 bridgehead atoms. The molecule has 106 valence electrons.